The number of allylic oxidation sites excluding steroid dienone is 10. The number of nitrogens with zero attached hydrogens (tertiary/aromatic N) is 4. The molecule has 3 fully saturated rings. The lowest BCUT2D eigenvalue weighted by Gasteiger charge is -2.41. The van der Waals surface area contributed by atoms with Gasteiger partial charge in [0.15, 0.2) is 0 Å². The summed E-state index contributed by atoms with van der Waals surface area (Å²) in [6.45, 7) is 14.2. The van der Waals surface area contributed by atoms with Crippen LogP contribution in [0, 0.1) is 29.6 Å². The van der Waals surface area contributed by atoms with Crippen LogP contribution in [-0.2, 0) is 0 Å². The average Bonchev–Trinajstić information content (AvgIpc) is 2.73. The van der Waals surface area contributed by atoms with E-state index in [4.69, 9.17) is 0 Å². The van der Waals surface area contributed by atoms with E-state index < -0.39 is 0 Å². The van der Waals surface area contributed by atoms with Gasteiger partial charge in [-0.15, -0.1) is 0 Å². The van der Waals surface area contributed by atoms with Gasteiger partial charge in [0.1, 0.15) is 0 Å². The van der Waals surface area contributed by atoms with Crippen LogP contribution in [0.25, 0.3) is 5.57 Å². The third kappa shape index (κ3) is 12.0. The van der Waals surface area contributed by atoms with Gasteiger partial charge in [-0.1, -0.05) is 191 Å². The van der Waals surface area contributed by atoms with Crippen LogP contribution in [0.3, 0.4) is 0 Å². The summed E-state index contributed by atoms with van der Waals surface area (Å²) in [5.74, 6) is 2.44. The van der Waals surface area contributed by atoms with Gasteiger partial charge in [0.05, 0.1) is 11.1 Å². The molecule has 7 aromatic carbocycles. The molecule has 6 aliphatic rings. The molecule has 7 atom stereocenters. The maximum absolute atomic E-state index is 2.93. The van der Waals surface area contributed by atoms with Crippen LogP contribution in [0.1, 0.15) is 72.8 Å². The molecule has 5 heteroatoms. The Hall–Kier alpha value is -8.12. The van der Waals surface area contributed by atoms with Crippen molar-refractivity contribution in [3.8, 4) is 0 Å². The maximum atomic E-state index is 2.93. The second kappa shape index (κ2) is 25.6. The van der Waals surface area contributed by atoms with Crippen molar-refractivity contribution in [1.82, 2.24) is 5.32 Å². The molecule has 0 radical (unpaired) electrons. The van der Waals surface area contributed by atoms with E-state index >= 15 is 0 Å². The first-order chi connectivity index (χ1) is 39.8. The van der Waals surface area contributed by atoms with E-state index in [2.05, 4.69) is 284 Å². The van der Waals surface area contributed by atoms with Gasteiger partial charge < -0.3 is 24.9 Å². The van der Waals surface area contributed by atoms with E-state index in [-0.39, 0.29) is 11.1 Å². The largest absolute Gasteiger partial charge is 0.348 e. The highest BCUT2D eigenvalue weighted by Gasteiger charge is 2.63. The second-order valence-corrected chi connectivity index (χ2v) is 22.1. The van der Waals surface area contributed by atoms with Crippen molar-refractivity contribution in [2.45, 2.75) is 78.3 Å². The lowest BCUT2D eigenvalue weighted by atomic mass is 9.78. The van der Waals surface area contributed by atoms with Crippen LogP contribution in [0.15, 0.2) is 283 Å². The van der Waals surface area contributed by atoms with Crippen LogP contribution >= 0.6 is 0 Å². The minimum absolute atomic E-state index is 0.121. The number of para-hydroxylation sites is 5. The Labute approximate surface area is 485 Å². The molecule has 0 heterocycles. The van der Waals surface area contributed by atoms with Crippen molar-refractivity contribution in [3.05, 3.63) is 289 Å². The monoisotopic (exact) mass is 1070 g/mol. The minimum atomic E-state index is -0.199. The molecule has 412 valence electrons. The number of anilines is 7. The highest BCUT2D eigenvalue weighted by Crippen LogP contribution is 2.64. The van der Waals surface area contributed by atoms with E-state index in [1.54, 1.807) is 0 Å². The second-order valence-electron chi connectivity index (χ2n) is 22.1. The molecule has 13 rings (SSSR count). The molecule has 5 nitrogen and oxygen atoms in total. The van der Waals surface area contributed by atoms with Crippen molar-refractivity contribution in [2.75, 3.05) is 40.2 Å². The Morgan fingerprint density at radius 1 is 0.580 bits per heavy atom. The molecule has 0 bridgehead atoms. The molecule has 0 spiro atoms. The first-order valence-electron chi connectivity index (χ1n) is 29.8. The lowest BCUT2D eigenvalue weighted by molar-refractivity contribution is 0.466. The Bertz CT molecular complexity index is 3330. The summed E-state index contributed by atoms with van der Waals surface area (Å²) < 4.78 is 0. The topological polar surface area (TPSA) is 25.0 Å². The highest BCUT2D eigenvalue weighted by atomic mass is 15.3. The quantitative estimate of drug-likeness (QED) is 0.103. The normalized spacial score (nSPS) is 23.2. The molecular weight excluding hydrogens is 983 g/mol. The van der Waals surface area contributed by atoms with Crippen LogP contribution in [-0.4, -0.2) is 31.7 Å². The third-order valence-electron chi connectivity index (χ3n) is 17.3. The summed E-state index contributed by atoms with van der Waals surface area (Å²) in [7, 11) is 4.19. The number of hydrogen-bond acceptors (Lipinski definition) is 5. The summed E-state index contributed by atoms with van der Waals surface area (Å²) >= 11 is 0. The van der Waals surface area contributed by atoms with Gasteiger partial charge in [-0.2, -0.15) is 0 Å². The molecule has 0 aromatic heterocycles. The minimum Gasteiger partial charge on any atom is -0.348 e. The molecule has 0 aliphatic heterocycles. The van der Waals surface area contributed by atoms with Crippen LogP contribution < -0.4 is 24.9 Å². The van der Waals surface area contributed by atoms with Gasteiger partial charge in [-0.3, -0.25) is 0 Å². The van der Waals surface area contributed by atoms with E-state index in [0.29, 0.717) is 29.6 Å². The van der Waals surface area contributed by atoms with E-state index in [1.807, 2.05) is 57.3 Å². The lowest BCUT2D eigenvalue weighted by Crippen LogP contribution is -2.40. The molecular formula is C76H83N5. The van der Waals surface area contributed by atoms with Crippen molar-refractivity contribution in [2.24, 2.45) is 29.6 Å². The number of hydrogen-bond donors (Lipinski definition) is 1. The molecule has 81 heavy (non-hydrogen) atoms. The molecule has 7 unspecified atom stereocenters. The first-order valence-corrected chi connectivity index (χ1v) is 29.8. The van der Waals surface area contributed by atoms with Gasteiger partial charge in [0.25, 0.3) is 0 Å². The zero-order valence-corrected chi connectivity index (χ0v) is 49.0. The van der Waals surface area contributed by atoms with Gasteiger partial charge in [0.2, 0.25) is 0 Å². The van der Waals surface area contributed by atoms with Crippen LogP contribution in [0.2, 0.25) is 0 Å². The van der Waals surface area contributed by atoms with E-state index in [9.17, 15) is 0 Å². The summed E-state index contributed by atoms with van der Waals surface area (Å²) in [5, 5.41) is 2.93. The zero-order valence-electron chi connectivity index (χ0n) is 49.0. The molecule has 0 saturated heterocycles. The Morgan fingerprint density at radius 2 is 1.07 bits per heavy atom. The molecule has 1 N–H and O–H groups in total. The highest BCUT2D eigenvalue weighted by molar-refractivity contribution is 5.84. The van der Waals surface area contributed by atoms with Crippen LogP contribution in [0.4, 0.5) is 39.8 Å². The van der Waals surface area contributed by atoms with E-state index in [0.717, 1.165) is 25.8 Å². The number of benzene rings is 7. The van der Waals surface area contributed by atoms with Gasteiger partial charge in [0, 0.05) is 64.2 Å². The molecule has 0 amide bonds. The first kappa shape index (κ1) is 56.2. The standard InChI is InChI=1S/C65H62N4.C6H6.C3H9N.C2H6/c1-5-61(62-42-60(66(4)52-24-11-6-12-25-52)44-65(45-63(62)65)68(54-28-15-8-16-29-54)55-30-17-9-18-31-55)47(3)46(2)49-38-58(67(53-26-13-7-14-27-53)57-35-34-48-37-50(48)40-57)41-59(39-49)69(56-32-19-10-20-33-56)64-36-22-21-23-51(64)43-64;1-2-4-6-5-3-1;1-3-4-2;1-2/h5-36,38-41,44,48,50-51,62-63H,37,42-43,45H2,1-4H3;1-6H;4H,3H2,1-2H3;1-2H3/b47-46+,61-5-;;;. The summed E-state index contributed by atoms with van der Waals surface area (Å²) in [6, 6.07) is 74.6. The Balaban J connectivity index is 0.000000556. The zero-order chi connectivity index (χ0) is 56.3. The molecule has 6 aliphatic carbocycles. The predicted octanol–water partition coefficient (Wildman–Crippen LogP) is 19.3. The summed E-state index contributed by atoms with van der Waals surface area (Å²) in [4.78, 5) is 10.2. The maximum Gasteiger partial charge on any atom is 0.0706 e. The predicted molar refractivity (Wildman–Crippen MR) is 348 cm³/mol. The fourth-order valence-corrected chi connectivity index (χ4v) is 12.7. The van der Waals surface area contributed by atoms with Crippen molar-refractivity contribution < 1.29 is 0 Å². The van der Waals surface area contributed by atoms with Crippen molar-refractivity contribution in [1.29, 1.82) is 0 Å². The van der Waals surface area contributed by atoms with E-state index in [1.165, 1.54) is 79.9 Å². The smallest absolute Gasteiger partial charge is 0.0706 e. The SMILES string of the molecule is C/C=C(/C(C)=C(\C)c1cc(N(C2=CC3CC3C=C2)c2ccccc2)cc(N(c2ccccc2)C23C=CC=CC2C3)c1)C1CC(N(C)c2ccccc2)=CC2(N(c3ccccc3)c3ccccc3)CC12.CC.CCNC.c1ccccc1. The van der Waals surface area contributed by atoms with Gasteiger partial charge in [-0.05, 0) is 197 Å². The summed E-state index contributed by atoms with van der Waals surface area (Å²) in [6.07, 6.45) is 26.1. The Kier molecular flexibility index (Phi) is 17.7. The third-order valence-corrected chi connectivity index (χ3v) is 17.3. The number of nitrogens with one attached hydrogen (secondary N) is 1. The van der Waals surface area contributed by atoms with Crippen LogP contribution in [0.5, 0.6) is 0 Å². The Morgan fingerprint density at radius 3 is 1.58 bits per heavy atom. The fourth-order valence-electron chi connectivity index (χ4n) is 12.7. The van der Waals surface area contributed by atoms with Crippen molar-refractivity contribution in [3.63, 3.8) is 0 Å². The molecule has 7 aromatic rings. The number of fused-ring (bicyclic) bond motifs is 3. The van der Waals surface area contributed by atoms with Crippen molar-refractivity contribution >= 4 is 45.4 Å². The number of rotatable bonds is 15. The van der Waals surface area contributed by atoms with Gasteiger partial charge in [-0.25, -0.2) is 0 Å². The summed E-state index contributed by atoms with van der Waals surface area (Å²) in [5.41, 5.74) is 16.1. The fraction of sp³-hybridized carbons (Fsp3) is 0.263. The van der Waals surface area contributed by atoms with Gasteiger partial charge >= 0.3 is 0 Å². The molecule has 3 saturated carbocycles. The average molecular weight is 1070 g/mol.